The molecule has 3 rings (SSSR count). The second-order valence-electron chi connectivity index (χ2n) is 7.23. The second kappa shape index (κ2) is 3.28. The van der Waals surface area contributed by atoms with Gasteiger partial charge in [-0.15, -0.1) is 0 Å². The molecule has 3 fully saturated rings. The Morgan fingerprint density at radius 1 is 1.12 bits per heavy atom. The van der Waals surface area contributed by atoms with Crippen molar-refractivity contribution in [3.05, 3.63) is 0 Å². The summed E-state index contributed by atoms with van der Waals surface area (Å²) in [6.07, 6.45) is 2.51. The molecule has 0 radical (unpaired) electrons. The van der Waals surface area contributed by atoms with Gasteiger partial charge in [0.25, 0.3) is 0 Å². The van der Waals surface area contributed by atoms with Crippen molar-refractivity contribution in [3.8, 4) is 0 Å². The topological polar surface area (TPSA) is 21.7 Å². The fraction of sp³-hybridized carbons (Fsp3) is 1.00. The summed E-state index contributed by atoms with van der Waals surface area (Å²) in [6, 6.07) is 0. The zero-order valence-electron chi connectivity index (χ0n) is 11.7. The quantitative estimate of drug-likeness (QED) is 0.652. The van der Waals surface area contributed by atoms with E-state index in [1.165, 1.54) is 25.9 Å². The molecule has 2 aliphatic heterocycles. The van der Waals surface area contributed by atoms with Crippen LogP contribution >= 0.6 is 0 Å². The van der Waals surface area contributed by atoms with Gasteiger partial charge in [-0.3, -0.25) is 0 Å². The Labute approximate surface area is 105 Å². The summed E-state index contributed by atoms with van der Waals surface area (Å²) < 4.78 is 12.5. The maximum atomic E-state index is 6.24. The Hall–Kier alpha value is -0.0551. The van der Waals surface area contributed by atoms with Gasteiger partial charge in [-0.25, -0.2) is 0 Å². The fourth-order valence-corrected chi connectivity index (χ4v) is 3.30. The van der Waals surface area contributed by atoms with Crippen LogP contribution in [0.3, 0.4) is 0 Å². The first kappa shape index (κ1) is 12.0. The van der Waals surface area contributed by atoms with Crippen molar-refractivity contribution in [2.24, 2.45) is 5.92 Å². The summed E-state index contributed by atoms with van der Waals surface area (Å²) in [5.74, 6) is 0.788. The molecule has 2 saturated heterocycles. The summed E-state index contributed by atoms with van der Waals surface area (Å²) in [6.45, 7) is 11.0. The van der Waals surface area contributed by atoms with Gasteiger partial charge in [0.05, 0.1) is 11.2 Å². The van der Waals surface area contributed by atoms with Gasteiger partial charge in [-0.05, 0) is 60.0 Å². The smallest absolute Gasteiger partial charge is 0.403 e. The minimum Gasteiger partial charge on any atom is -0.403 e. The van der Waals surface area contributed by atoms with Gasteiger partial charge < -0.3 is 14.2 Å². The van der Waals surface area contributed by atoms with Crippen LogP contribution in [-0.2, 0) is 9.31 Å². The Morgan fingerprint density at radius 2 is 1.71 bits per heavy atom. The summed E-state index contributed by atoms with van der Waals surface area (Å²) in [5, 5.41) is 0.331. The normalized spacial score (nSPS) is 43.6. The number of piperidine rings is 1. The van der Waals surface area contributed by atoms with Gasteiger partial charge in [0.15, 0.2) is 0 Å². The average molecular weight is 237 g/mol. The highest BCUT2D eigenvalue weighted by Crippen LogP contribution is 2.68. The van der Waals surface area contributed by atoms with Gasteiger partial charge in [0.1, 0.15) is 0 Å². The third-order valence-corrected chi connectivity index (χ3v) is 5.49. The maximum absolute atomic E-state index is 6.24. The molecule has 0 N–H and O–H groups in total. The van der Waals surface area contributed by atoms with E-state index >= 15 is 0 Å². The molecule has 0 spiro atoms. The first-order valence-corrected chi connectivity index (χ1v) is 6.81. The van der Waals surface area contributed by atoms with Crippen LogP contribution in [0.15, 0.2) is 0 Å². The van der Waals surface area contributed by atoms with Gasteiger partial charge in [0, 0.05) is 11.9 Å². The molecule has 96 valence electrons. The molecule has 2 unspecified atom stereocenters. The van der Waals surface area contributed by atoms with E-state index in [4.69, 9.17) is 9.31 Å². The minimum absolute atomic E-state index is 0.0196. The average Bonchev–Trinajstić information content (AvgIpc) is 2.84. The Kier molecular flexibility index (Phi) is 2.32. The van der Waals surface area contributed by atoms with Crippen LogP contribution in [0.4, 0.5) is 0 Å². The van der Waals surface area contributed by atoms with Crippen molar-refractivity contribution in [1.29, 1.82) is 0 Å². The predicted octanol–water partition coefficient (Wildman–Crippen LogP) is 2.17. The van der Waals surface area contributed by atoms with Crippen molar-refractivity contribution >= 4 is 7.12 Å². The van der Waals surface area contributed by atoms with Crippen LogP contribution in [0, 0.1) is 5.92 Å². The van der Waals surface area contributed by atoms with E-state index in [9.17, 15) is 0 Å². The first-order chi connectivity index (χ1) is 7.77. The lowest BCUT2D eigenvalue weighted by Crippen LogP contribution is -2.41. The molecule has 0 bridgehead atoms. The lowest BCUT2D eigenvalue weighted by atomic mass is 9.63. The number of rotatable bonds is 1. The van der Waals surface area contributed by atoms with E-state index in [1.54, 1.807) is 0 Å². The van der Waals surface area contributed by atoms with E-state index in [2.05, 4.69) is 39.6 Å². The lowest BCUT2D eigenvalue weighted by Gasteiger charge is -2.32. The SMILES string of the molecule is CN1CCC2(B3OC(C)(C)C(C)(C)O3)CC2C1. The highest BCUT2D eigenvalue weighted by Gasteiger charge is 2.69. The molecule has 0 amide bonds. The van der Waals surface area contributed by atoms with E-state index in [0.29, 0.717) is 5.31 Å². The van der Waals surface area contributed by atoms with Crippen LogP contribution in [0.25, 0.3) is 0 Å². The molecule has 1 aliphatic carbocycles. The van der Waals surface area contributed by atoms with Crippen LogP contribution in [0.2, 0.25) is 5.31 Å². The number of nitrogens with zero attached hydrogens (tertiary/aromatic N) is 1. The van der Waals surface area contributed by atoms with Crippen molar-refractivity contribution in [3.63, 3.8) is 0 Å². The Balaban J connectivity index is 1.77. The molecule has 2 atom stereocenters. The summed E-state index contributed by atoms with van der Waals surface area (Å²) in [5.41, 5.74) is -0.355. The molecule has 1 saturated carbocycles. The second-order valence-corrected chi connectivity index (χ2v) is 7.23. The summed E-state index contributed by atoms with van der Waals surface area (Å²) in [7, 11) is 2.23. The highest BCUT2D eigenvalue weighted by molar-refractivity contribution is 6.51. The van der Waals surface area contributed by atoms with Crippen molar-refractivity contribution in [1.82, 2.24) is 4.90 Å². The molecular formula is C13H24BNO2. The van der Waals surface area contributed by atoms with Gasteiger partial charge in [-0.1, -0.05) is 0 Å². The van der Waals surface area contributed by atoms with Crippen molar-refractivity contribution in [2.45, 2.75) is 57.1 Å². The first-order valence-electron chi connectivity index (χ1n) is 6.81. The van der Waals surface area contributed by atoms with E-state index < -0.39 is 0 Å². The minimum atomic E-state index is -0.178. The largest absolute Gasteiger partial charge is 0.464 e. The van der Waals surface area contributed by atoms with E-state index in [0.717, 1.165) is 5.92 Å². The Bertz CT molecular complexity index is 328. The molecule has 4 heteroatoms. The molecular weight excluding hydrogens is 213 g/mol. The van der Waals surface area contributed by atoms with Crippen molar-refractivity contribution < 1.29 is 9.31 Å². The van der Waals surface area contributed by atoms with E-state index in [-0.39, 0.29) is 18.3 Å². The lowest BCUT2D eigenvalue weighted by molar-refractivity contribution is 0.00578. The van der Waals surface area contributed by atoms with Crippen LogP contribution in [0.1, 0.15) is 40.5 Å². The maximum Gasteiger partial charge on any atom is 0.464 e. The van der Waals surface area contributed by atoms with Gasteiger partial charge in [-0.2, -0.15) is 0 Å². The molecule has 17 heavy (non-hydrogen) atoms. The molecule has 3 nitrogen and oxygen atoms in total. The predicted molar refractivity (Wildman–Crippen MR) is 69.0 cm³/mol. The molecule has 3 aliphatic rings. The van der Waals surface area contributed by atoms with Crippen LogP contribution in [-0.4, -0.2) is 43.4 Å². The summed E-state index contributed by atoms with van der Waals surface area (Å²) in [4.78, 5) is 2.43. The molecule has 0 aromatic rings. The standard InChI is InChI=1S/C13H24BNO2/c1-11(2)12(3,4)17-14(16-11)13-6-7-15(5)9-10(13)8-13/h10H,6-9H2,1-5H3. The highest BCUT2D eigenvalue weighted by atomic mass is 16.7. The Morgan fingerprint density at radius 3 is 2.24 bits per heavy atom. The number of hydrogen-bond acceptors (Lipinski definition) is 3. The van der Waals surface area contributed by atoms with Gasteiger partial charge in [0.2, 0.25) is 0 Å². The van der Waals surface area contributed by atoms with Crippen molar-refractivity contribution in [2.75, 3.05) is 20.1 Å². The monoisotopic (exact) mass is 237 g/mol. The number of fused-ring (bicyclic) bond motifs is 1. The van der Waals surface area contributed by atoms with Crippen LogP contribution in [0.5, 0.6) is 0 Å². The molecule has 2 heterocycles. The zero-order valence-corrected chi connectivity index (χ0v) is 11.7. The third-order valence-electron chi connectivity index (χ3n) is 5.49. The molecule has 0 aromatic carbocycles. The van der Waals surface area contributed by atoms with Gasteiger partial charge >= 0.3 is 7.12 Å². The number of hydrogen-bond donors (Lipinski definition) is 0. The number of likely N-dealkylation sites (tertiary alicyclic amines) is 1. The van der Waals surface area contributed by atoms with E-state index in [1.807, 2.05) is 0 Å². The third kappa shape index (κ3) is 1.61. The summed E-state index contributed by atoms with van der Waals surface area (Å²) >= 11 is 0. The fourth-order valence-electron chi connectivity index (χ4n) is 3.30. The molecule has 0 aromatic heterocycles. The van der Waals surface area contributed by atoms with Crippen LogP contribution < -0.4 is 0 Å². The zero-order chi connectivity index (χ0) is 12.5.